The van der Waals surface area contributed by atoms with Gasteiger partial charge in [0.2, 0.25) is 0 Å². The van der Waals surface area contributed by atoms with E-state index in [4.69, 9.17) is 25.5 Å². The molecule has 0 atom stereocenters. The zero-order chi connectivity index (χ0) is 18.2. The minimum atomic E-state index is -0.759. The van der Waals surface area contributed by atoms with Crippen LogP contribution in [0.5, 0.6) is 5.75 Å². The Morgan fingerprint density at radius 3 is 2.68 bits per heavy atom. The van der Waals surface area contributed by atoms with Crippen LogP contribution in [0.4, 0.5) is 0 Å². The summed E-state index contributed by atoms with van der Waals surface area (Å²) in [6.07, 6.45) is 1.32. The van der Waals surface area contributed by atoms with E-state index in [0.29, 0.717) is 10.8 Å². The number of hydrazine groups is 1. The molecule has 2 rings (SSSR count). The summed E-state index contributed by atoms with van der Waals surface area (Å²) in [6.45, 7) is 0.861. The molecule has 1 aromatic heterocycles. The van der Waals surface area contributed by atoms with E-state index in [9.17, 15) is 14.4 Å². The fourth-order valence-corrected chi connectivity index (χ4v) is 1.85. The number of aryl methyl sites for hydroxylation is 1. The second-order valence-electron chi connectivity index (χ2n) is 4.86. The van der Waals surface area contributed by atoms with Gasteiger partial charge in [-0.2, -0.15) is 0 Å². The molecule has 2 amide bonds. The quantitative estimate of drug-likeness (QED) is 0.594. The summed E-state index contributed by atoms with van der Waals surface area (Å²) in [5.41, 5.74) is 5.10. The third-order valence-electron chi connectivity index (χ3n) is 2.86. The summed E-state index contributed by atoms with van der Waals surface area (Å²) in [5.74, 6) is -1.75. The largest absolute Gasteiger partial charge is 0.480 e. The van der Waals surface area contributed by atoms with Gasteiger partial charge in [-0.3, -0.25) is 20.4 Å². The lowest BCUT2D eigenvalue weighted by molar-refractivity contribution is -0.150. The third-order valence-corrected chi connectivity index (χ3v) is 3.17. The molecule has 0 aliphatic heterocycles. The summed E-state index contributed by atoms with van der Waals surface area (Å²) in [6, 6.07) is 8.07. The number of rotatable bonds is 6. The molecule has 0 saturated heterocycles. The van der Waals surface area contributed by atoms with Crippen molar-refractivity contribution in [2.45, 2.75) is 6.92 Å². The van der Waals surface area contributed by atoms with Gasteiger partial charge in [0, 0.05) is 0 Å². The Morgan fingerprint density at radius 2 is 1.96 bits per heavy atom. The normalized spacial score (nSPS) is 10.0. The lowest BCUT2D eigenvalue weighted by Crippen LogP contribution is -2.43. The van der Waals surface area contributed by atoms with Gasteiger partial charge in [0.05, 0.1) is 11.3 Å². The third kappa shape index (κ3) is 5.85. The van der Waals surface area contributed by atoms with Crippen molar-refractivity contribution in [2.75, 3.05) is 13.2 Å². The summed E-state index contributed by atoms with van der Waals surface area (Å²) < 4.78 is 14.8. The molecular formula is C16H15ClN2O6. The number of esters is 1. The van der Waals surface area contributed by atoms with E-state index in [1.165, 1.54) is 18.4 Å². The van der Waals surface area contributed by atoms with Crippen LogP contribution < -0.4 is 15.6 Å². The van der Waals surface area contributed by atoms with E-state index in [1.807, 2.05) is 6.92 Å². The molecule has 2 aromatic rings. The van der Waals surface area contributed by atoms with Crippen molar-refractivity contribution >= 4 is 29.4 Å². The highest BCUT2D eigenvalue weighted by Gasteiger charge is 2.12. The second kappa shape index (κ2) is 8.74. The Labute approximate surface area is 148 Å². The lowest BCUT2D eigenvalue weighted by atomic mass is 10.2. The van der Waals surface area contributed by atoms with Crippen LogP contribution in [0.1, 0.15) is 16.1 Å². The Balaban J connectivity index is 1.68. The molecule has 0 saturated carbocycles. The van der Waals surface area contributed by atoms with Crippen LogP contribution in [0, 0.1) is 6.92 Å². The van der Waals surface area contributed by atoms with Gasteiger partial charge in [-0.05, 0) is 36.8 Å². The van der Waals surface area contributed by atoms with Crippen molar-refractivity contribution < 1.29 is 28.3 Å². The van der Waals surface area contributed by atoms with E-state index < -0.39 is 31.0 Å². The number of benzene rings is 1. The zero-order valence-electron chi connectivity index (χ0n) is 13.2. The van der Waals surface area contributed by atoms with Gasteiger partial charge in [-0.25, -0.2) is 4.79 Å². The Hall–Kier alpha value is -3.00. The van der Waals surface area contributed by atoms with Crippen molar-refractivity contribution in [3.05, 3.63) is 52.9 Å². The predicted molar refractivity (Wildman–Crippen MR) is 87.0 cm³/mol. The number of halogens is 1. The van der Waals surface area contributed by atoms with Crippen LogP contribution in [0.2, 0.25) is 5.02 Å². The fraction of sp³-hybridized carbons (Fsp3) is 0.188. The van der Waals surface area contributed by atoms with Gasteiger partial charge < -0.3 is 13.9 Å². The molecule has 0 aliphatic carbocycles. The first kappa shape index (κ1) is 18.3. The van der Waals surface area contributed by atoms with Crippen molar-refractivity contribution in [2.24, 2.45) is 0 Å². The molecule has 0 spiro atoms. The molecule has 2 N–H and O–H groups in total. The SMILES string of the molecule is Cc1ccc(Cl)c(OCC(=O)OCC(=O)NNC(=O)c2ccco2)c1. The Morgan fingerprint density at radius 1 is 1.16 bits per heavy atom. The zero-order valence-corrected chi connectivity index (χ0v) is 14.0. The highest BCUT2D eigenvalue weighted by atomic mass is 35.5. The minimum absolute atomic E-state index is 0.0285. The number of nitrogens with one attached hydrogen (secondary N) is 2. The van der Waals surface area contributed by atoms with Crippen LogP contribution in [-0.2, 0) is 14.3 Å². The van der Waals surface area contributed by atoms with Crippen molar-refractivity contribution in [3.8, 4) is 5.75 Å². The van der Waals surface area contributed by atoms with Gasteiger partial charge in [0.25, 0.3) is 5.91 Å². The molecule has 132 valence electrons. The Kier molecular flexibility index (Phi) is 6.41. The summed E-state index contributed by atoms with van der Waals surface area (Å²) >= 11 is 5.93. The van der Waals surface area contributed by atoms with Crippen molar-refractivity contribution in [1.29, 1.82) is 0 Å². The van der Waals surface area contributed by atoms with Crippen LogP contribution in [-0.4, -0.2) is 31.0 Å². The van der Waals surface area contributed by atoms with Gasteiger partial charge in [-0.15, -0.1) is 0 Å². The lowest BCUT2D eigenvalue weighted by Gasteiger charge is -2.09. The van der Waals surface area contributed by atoms with E-state index in [-0.39, 0.29) is 5.76 Å². The molecule has 25 heavy (non-hydrogen) atoms. The van der Waals surface area contributed by atoms with Gasteiger partial charge in [0.15, 0.2) is 19.0 Å². The monoisotopic (exact) mass is 366 g/mol. The molecular weight excluding hydrogens is 352 g/mol. The Bertz CT molecular complexity index is 760. The van der Waals surface area contributed by atoms with Crippen molar-refractivity contribution in [3.63, 3.8) is 0 Å². The van der Waals surface area contributed by atoms with E-state index >= 15 is 0 Å². The molecule has 0 radical (unpaired) electrons. The molecule has 0 fully saturated rings. The number of ether oxygens (including phenoxy) is 2. The summed E-state index contributed by atoms with van der Waals surface area (Å²) in [4.78, 5) is 34.6. The predicted octanol–water partition coefficient (Wildman–Crippen LogP) is 1.62. The molecule has 8 nitrogen and oxygen atoms in total. The van der Waals surface area contributed by atoms with Gasteiger partial charge >= 0.3 is 11.9 Å². The molecule has 1 aromatic carbocycles. The highest BCUT2D eigenvalue weighted by molar-refractivity contribution is 6.32. The number of hydrogen-bond donors (Lipinski definition) is 2. The average molecular weight is 367 g/mol. The first-order chi connectivity index (χ1) is 12.0. The van der Waals surface area contributed by atoms with Crippen LogP contribution in [0.25, 0.3) is 0 Å². The highest BCUT2D eigenvalue weighted by Crippen LogP contribution is 2.25. The first-order valence-corrected chi connectivity index (χ1v) is 7.51. The minimum Gasteiger partial charge on any atom is -0.480 e. The van der Waals surface area contributed by atoms with Crippen LogP contribution in [0.3, 0.4) is 0 Å². The topological polar surface area (TPSA) is 107 Å². The molecule has 0 aliphatic rings. The summed E-state index contributed by atoms with van der Waals surface area (Å²) in [7, 11) is 0. The smallest absolute Gasteiger partial charge is 0.344 e. The average Bonchev–Trinajstić information content (AvgIpc) is 3.13. The maximum Gasteiger partial charge on any atom is 0.344 e. The van der Waals surface area contributed by atoms with E-state index in [2.05, 4.69) is 10.9 Å². The standard InChI is InChI=1S/C16H15ClN2O6/c1-10-4-5-11(17)13(7-10)24-9-15(21)25-8-14(20)18-19-16(22)12-3-2-6-23-12/h2-7H,8-9H2,1H3,(H,18,20)(H,19,22). The molecule has 9 heteroatoms. The fourth-order valence-electron chi connectivity index (χ4n) is 1.68. The van der Waals surface area contributed by atoms with Crippen LogP contribution in [0.15, 0.2) is 41.0 Å². The van der Waals surface area contributed by atoms with Gasteiger partial charge in [-0.1, -0.05) is 17.7 Å². The van der Waals surface area contributed by atoms with Crippen LogP contribution >= 0.6 is 11.6 Å². The number of amides is 2. The molecule has 1 heterocycles. The number of carbonyl (C=O) groups excluding carboxylic acids is 3. The molecule has 0 bridgehead atoms. The first-order valence-electron chi connectivity index (χ1n) is 7.13. The molecule has 0 unspecified atom stereocenters. The van der Waals surface area contributed by atoms with Crippen molar-refractivity contribution in [1.82, 2.24) is 10.9 Å². The number of furan rings is 1. The maximum absolute atomic E-state index is 11.6. The van der Waals surface area contributed by atoms with Gasteiger partial charge in [0.1, 0.15) is 5.75 Å². The summed E-state index contributed by atoms with van der Waals surface area (Å²) in [5, 5.41) is 0.358. The second-order valence-corrected chi connectivity index (χ2v) is 5.27. The van der Waals surface area contributed by atoms with E-state index in [1.54, 1.807) is 18.2 Å². The van der Waals surface area contributed by atoms with E-state index in [0.717, 1.165) is 5.56 Å². The number of carbonyl (C=O) groups is 3. The maximum atomic E-state index is 11.6. The number of hydrogen-bond acceptors (Lipinski definition) is 6.